The second-order valence-electron chi connectivity index (χ2n) is 6.14. The zero-order valence-electron chi connectivity index (χ0n) is 13.6. The third kappa shape index (κ3) is 4.22. The lowest BCUT2D eigenvalue weighted by Gasteiger charge is -2.35. The minimum atomic E-state index is -4.22. The number of aryl methyl sites for hydroxylation is 1. The Labute approximate surface area is 148 Å². The normalized spacial score (nSPS) is 16.4. The minimum absolute atomic E-state index is 0.205. The molecule has 0 bridgehead atoms. The van der Waals surface area contributed by atoms with E-state index in [0.29, 0.717) is 16.3 Å². The van der Waals surface area contributed by atoms with E-state index in [-0.39, 0.29) is 32.1 Å². The van der Waals surface area contributed by atoms with Gasteiger partial charge in [0.15, 0.2) is 0 Å². The largest absolute Gasteiger partial charge is 0.401 e. The highest BCUT2D eigenvalue weighted by molar-refractivity contribution is 6.31. The molecule has 1 aromatic heterocycles. The topological polar surface area (TPSA) is 36.4 Å². The van der Waals surface area contributed by atoms with Gasteiger partial charge in [-0.05, 0) is 31.2 Å². The third-order valence-electron chi connectivity index (χ3n) is 4.26. The molecule has 1 amide bonds. The number of amides is 1. The molecule has 25 heavy (non-hydrogen) atoms. The van der Waals surface area contributed by atoms with Crippen molar-refractivity contribution in [1.29, 1.82) is 0 Å². The fourth-order valence-corrected chi connectivity index (χ4v) is 3.17. The molecule has 3 rings (SSSR count). The first-order valence-corrected chi connectivity index (χ1v) is 8.26. The van der Waals surface area contributed by atoms with E-state index < -0.39 is 12.7 Å². The molecule has 0 radical (unpaired) electrons. The highest BCUT2D eigenvalue weighted by atomic mass is 35.5. The van der Waals surface area contributed by atoms with E-state index in [9.17, 15) is 18.0 Å². The minimum Gasteiger partial charge on any atom is -0.336 e. The number of benzene rings is 1. The summed E-state index contributed by atoms with van der Waals surface area (Å²) in [5.74, 6) is -0.210. The van der Waals surface area contributed by atoms with Gasteiger partial charge in [0.1, 0.15) is 0 Å². The smallest absolute Gasteiger partial charge is 0.336 e. The molecule has 134 valence electrons. The molecule has 1 fully saturated rings. The Morgan fingerprint density at radius 2 is 1.88 bits per heavy atom. The van der Waals surface area contributed by atoms with Gasteiger partial charge < -0.3 is 4.90 Å². The van der Waals surface area contributed by atoms with Gasteiger partial charge in [0.2, 0.25) is 0 Å². The van der Waals surface area contributed by atoms with Crippen molar-refractivity contribution in [3.05, 3.63) is 40.5 Å². The van der Waals surface area contributed by atoms with Crippen LogP contribution in [-0.2, 0) is 0 Å². The van der Waals surface area contributed by atoms with Crippen LogP contribution in [-0.4, -0.2) is 59.6 Å². The molecular weight excluding hydrogens is 355 g/mol. The van der Waals surface area contributed by atoms with E-state index in [1.807, 2.05) is 0 Å². The van der Waals surface area contributed by atoms with Gasteiger partial charge in [0.25, 0.3) is 5.91 Å². The number of aromatic nitrogens is 1. The first-order valence-electron chi connectivity index (χ1n) is 7.88. The van der Waals surface area contributed by atoms with E-state index in [1.54, 1.807) is 36.1 Å². The summed E-state index contributed by atoms with van der Waals surface area (Å²) in [5.41, 5.74) is 1.80. The van der Waals surface area contributed by atoms with Crippen LogP contribution in [0.25, 0.3) is 10.9 Å². The van der Waals surface area contributed by atoms with Crippen LogP contribution in [0.2, 0.25) is 5.02 Å². The van der Waals surface area contributed by atoms with Crippen molar-refractivity contribution in [2.45, 2.75) is 13.1 Å². The number of rotatable bonds is 2. The maximum Gasteiger partial charge on any atom is 0.401 e. The van der Waals surface area contributed by atoms with Gasteiger partial charge in [0.05, 0.1) is 23.3 Å². The predicted octanol–water partition coefficient (Wildman–Crippen LogP) is 3.52. The summed E-state index contributed by atoms with van der Waals surface area (Å²) < 4.78 is 37.4. The van der Waals surface area contributed by atoms with Gasteiger partial charge in [-0.1, -0.05) is 11.6 Å². The lowest BCUT2D eigenvalue weighted by Crippen LogP contribution is -2.51. The van der Waals surface area contributed by atoms with Crippen LogP contribution in [0.1, 0.15) is 16.1 Å². The summed E-state index contributed by atoms with van der Waals surface area (Å²) in [6.07, 6.45) is -4.22. The second kappa shape index (κ2) is 6.80. The van der Waals surface area contributed by atoms with Crippen molar-refractivity contribution >= 4 is 28.4 Å². The number of carbonyl (C=O) groups excluding carboxylic acids is 1. The average molecular weight is 372 g/mol. The molecular formula is C17H17ClF3N3O. The van der Waals surface area contributed by atoms with Crippen molar-refractivity contribution in [2.75, 3.05) is 32.7 Å². The highest BCUT2D eigenvalue weighted by Gasteiger charge is 2.33. The zero-order chi connectivity index (χ0) is 18.2. The molecule has 1 aliphatic rings. The number of pyridine rings is 1. The van der Waals surface area contributed by atoms with Crippen molar-refractivity contribution < 1.29 is 18.0 Å². The predicted molar refractivity (Wildman–Crippen MR) is 89.9 cm³/mol. The Morgan fingerprint density at radius 1 is 1.20 bits per heavy atom. The summed E-state index contributed by atoms with van der Waals surface area (Å²) in [6, 6.07) is 7.00. The van der Waals surface area contributed by atoms with Gasteiger partial charge in [0, 0.05) is 36.6 Å². The summed E-state index contributed by atoms with van der Waals surface area (Å²) in [4.78, 5) is 20.1. The molecule has 0 atom stereocenters. The molecule has 0 unspecified atom stereocenters. The summed E-state index contributed by atoms with van der Waals surface area (Å²) >= 11 is 5.99. The van der Waals surface area contributed by atoms with E-state index in [0.717, 1.165) is 10.9 Å². The van der Waals surface area contributed by atoms with Crippen LogP contribution >= 0.6 is 11.6 Å². The monoisotopic (exact) mass is 371 g/mol. The van der Waals surface area contributed by atoms with Crippen molar-refractivity contribution in [3.63, 3.8) is 0 Å². The molecule has 8 heteroatoms. The van der Waals surface area contributed by atoms with Crippen molar-refractivity contribution in [2.24, 2.45) is 0 Å². The molecule has 4 nitrogen and oxygen atoms in total. The zero-order valence-corrected chi connectivity index (χ0v) is 14.4. The Hall–Kier alpha value is -1.86. The van der Waals surface area contributed by atoms with E-state index in [1.165, 1.54) is 4.90 Å². The number of carbonyl (C=O) groups is 1. The van der Waals surface area contributed by atoms with Gasteiger partial charge in [-0.15, -0.1) is 0 Å². The summed E-state index contributed by atoms with van der Waals surface area (Å²) in [7, 11) is 0. The third-order valence-corrected chi connectivity index (χ3v) is 4.50. The van der Waals surface area contributed by atoms with Crippen molar-refractivity contribution in [1.82, 2.24) is 14.8 Å². The Bertz CT molecular complexity index is 802. The molecule has 2 heterocycles. The molecule has 0 aliphatic carbocycles. The molecule has 0 N–H and O–H groups in total. The lowest BCUT2D eigenvalue weighted by atomic mass is 10.1. The van der Waals surface area contributed by atoms with Gasteiger partial charge in [-0.3, -0.25) is 14.7 Å². The van der Waals surface area contributed by atoms with Crippen LogP contribution in [0.15, 0.2) is 24.3 Å². The number of alkyl halides is 3. The molecule has 0 saturated carbocycles. The Balaban J connectivity index is 1.75. The Morgan fingerprint density at radius 3 is 2.52 bits per heavy atom. The Kier molecular flexibility index (Phi) is 4.88. The summed E-state index contributed by atoms with van der Waals surface area (Å²) in [6.45, 7) is 1.75. The number of fused-ring (bicyclic) bond motifs is 1. The quantitative estimate of drug-likeness (QED) is 0.810. The molecule has 1 aromatic carbocycles. The molecule has 1 saturated heterocycles. The van der Waals surface area contributed by atoms with Gasteiger partial charge in [-0.2, -0.15) is 13.2 Å². The highest BCUT2D eigenvalue weighted by Crippen LogP contribution is 2.23. The number of nitrogens with zero attached hydrogens (tertiary/aromatic N) is 3. The number of hydrogen-bond donors (Lipinski definition) is 0. The van der Waals surface area contributed by atoms with Crippen LogP contribution in [0.4, 0.5) is 13.2 Å². The number of halogens is 4. The fraction of sp³-hybridized carbons (Fsp3) is 0.412. The number of piperazine rings is 1. The van der Waals surface area contributed by atoms with Gasteiger partial charge >= 0.3 is 6.18 Å². The van der Waals surface area contributed by atoms with Gasteiger partial charge in [-0.25, -0.2) is 0 Å². The lowest BCUT2D eigenvalue weighted by molar-refractivity contribution is -0.148. The number of hydrogen-bond acceptors (Lipinski definition) is 3. The maximum atomic E-state index is 12.8. The molecule has 0 spiro atoms. The summed E-state index contributed by atoms with van der Waals surface area (Å²) in [5, 5.41) is 1.31. The van der Waals surface area contributed by atoms with Crippen LogP contribution in [0.3, 0.4) is 0 Å². The SMILES string of the molecule is Cc1nc2ccc(Cl)cc2cc1C(=O)N1CCN(CC(F)(F)F)CC1. The molecule has 1 aliphatic heterocycles. The average Bonchev–Trinajstić information content (AvgIpc) is 2.53. The van der Waals surface area contributed by atoms with Crippen LogP contribution < -0.4 is 0 Å². The first kappa shape index (κ1) is 17.9. The standard InChI is InChI=1S/C17H17ClF3N3O/c1-11-14(9-12-8-13(18)2-3-15(12)22-11)16(25)24-6-4-23(5-7-24)10-17(19,20)21/h2-3,8-9H,4-7,10H2,1H3. The fourth-order valence-electron chi connectivity index (χ4n) is 2.99. The molecule has 2 aromatic rings. The van der Waals surface area contributed by atoms with E-state index in [2.05, 4.69) is 4.98 Å². The van der Waals surface area contributed by atoms with Crippen LogP contribution in [0, 0.1) is 6.92 Å². The van der Waals surface area contributed by atoms with Crippen molar-refractivity contribution in [3.8, 4) is 0 Å². The maximum absolute atomic E-state index is 12.8. The van der Waals surface area contributed by atoms with E-state index >= 15 is 0 Å². The first-order chi connectivity index (χ1) is 11.7. The van der Waals surface area contributed by atoms with Crippen LogP contribution in [0.5, 0.6) is 0 Å². The second-order valence-corrected chi connectivity index (χ2v) is 6.58. The van der Waals surface area contributed by atoms with E-state index in [4.69, 9.17) is 11.6 Å².